The van der Waals surface area contributed by atoms with Crippen LogP contribution < -0.4 is 5.32 Å². The molecule has 0 spiro atoms. The predicted molar refractivity (Wildman–Crippen MR) is 88.5 cm³/mol. The van der Waals surface area contributed by atoms with E-state index in [1.54, 1.807) is 0 Å². The Morgan fingerprint density at radius 1 is 1.33 bits per heavy atom. The fourth-order valence-corrected chi connectivity index (χ4v) is 2.36. The van der Waals surface area contributed by atoms with Crippen molar-refractivity contribution in [1.29, 1.82) is 0 Å². The lowest BCUT2D eigenvalue weighted by atomic mass is 9.85. The van der Waals surface area contributed by atoms with E-state index in [0.29, 0.717) is 25.0 Å². The minimum atomic E-state index is -0.433. The number of nitrogens with one attached hydrogen (secondary N) is 1. The molecule has 0 aromatic rings. The Hall–Kier alpha value is -0.420. The summed E-state index contributed by atoms with van der Waals surface area (Å²) in [5.41, 5.74) is 0.0877. The number of rotatable bonds is 9. The van der Waals surface area contributed by atoms with E-state index in [4.69, 9.17) is 4.74 Å². The summed E-state index contributed by atoms with van der Waals surface area (Å²) in [6.45, 7) is 9.24. The molecule has 3 unspecified atom stereocenters. The second-order valence-corrected chi connectivity index (χ2v) is 7.21. The molecule has 0 aromatic carbocycles. The van der Waals surface area contributed by atoms with Gasteiger partial charge in [0.1, 0.15) is 0 Å². The summed E-state index contributed by atoms with van der Waals surface area (Å²) in [5.74, 6) is 1.29. The van der Waals surface area contributed by atoms with Crippen LogP contribution in [-0.4, -0.2) is 62.0 Å². The van der Waals surface area contributed by atoms with E-state index < -0.39 is 6.10 Å². The maximum Gasteiger partial charge on any atom is 0.0897 e. The first-order valence-electron chi connectivity index (χ1n) is 8.12. The number of aliphatic hydroxyl groups excluding tert-OH is 1. The zero-order chi connectivity index (χ0) is 15.9. The summed E-state index contributed by atoms with van der Waals surface area (Å²) in [6, 6.07) is 0. The fraction of sp³-hybridized carbons (Fsp3) is 0.882. The normalized spacial score (nSPS) is 24.5. The Balaban J connectivity index is 2.11. The molecule has 4 heteroatoms. The monoisotopic (exact) mass is 298 g/mol. The second-order valence-electron chi connectivity index (χ2n) is 7.21. The van der Waals surface area contributed by atoms with Crippen molar-refractivity contribution in [2.45, 2.75) is 45.3 Å². The fourth-order valence-electron chi connectivity index (χ4n) is 2.36. The van der Waals surface area contributed by atoms with Gasteiger partial charge < -0.3 is 20.1 Å². The lowest BCUT2D eigenvalue weighted by molar-refractivity contribution is 0.0118. The molecule has 3 atom stereocenters. The molecule has 0 saturated carbocycles. The third kappa shape index (κ3) is 6.92. The van der Waals surface area contributed by atoms with Crippen molar-refractivity contribution in [3.05, 3.63) is 12.2 Å². The Morgan fingerprint density at radius 3 is 2.62 bits per heavy atom. The Morgan fingerprint density at radius 2 is 2.00 bits per heavy atom. The highest BCUT2D eigenvalue weighted by molar-refractivity contribution is 4.93. The number of ether oxygens (including phenoxy) is 1. The molecule has 0 aliphatic heterocycles. The van der Waals surface area contributed by atoms with E-state index in [0.717, 1.165) is 26.0 Å². The van der Waals surface area contributed by atoms with Gasteiger partial charge in [-0.05, 0) is 52.6 Å². The van der Waals surface area contributed by atoms with E-state index in [1.807, 2.05) is 0 Å². The quantitative estimate of drug-likeness (QED) is 0.638. The van der Waals surface area contributed by atoms with Crippen molar-refractivity contribution in [2.75, 3.05) is 40.4 Å². The summed E-state index contributed by atoms with van der Waals surface area (Å²) in [5, 5.41) is 13.3. The molecular weight excluding hydrogens is 264 g/mol. The molecule has 0 aromatic heterocycles. The van der Waals surface area contributed by atoms with Gasteiger partial charge in [-0.1, -0.05) is 19.1 Å². The van der Waals surface area contributed by atoms with E-state index in [9.17, 15) is 5.11 Å². The molecular formula is C17H34N2O2. The van der Waals surface area contributed by atoms with Crippen LogP contribution in [-0.2, 0) is 4.74 Å². The van der Waals surface area contributed by atoms with E-state index in [2.05, 4.69) is 57.2 Å². The van der Waals surface area contributed by atoms with Crippen LogP contribution in [0.15, 0.2) is 12.2 Å². The molecule has 0 saturated heterocycles. The minimum Gasteiger partial charge on any atom is -0.389 e. The van der Waals surface area contributed by atoms with Crippen LogP contribution in [0, 0.1) is 11.8 Å². The molecule has 0 heterocycles. The lowest BCUT2D eigenvalue weighted by Gasteiger charge is -2.33. The van der Waals surface area contributed by atoms with Gasteiger partial charge >= 0.3 is 0 Å². The van der Waals surface area contributed by atoms with Crippen LogP contribution in [0.25, 0.3) is 0 Å². The highest BCUT2D eigenvalue weighted by atomic mass is 16.5. The maximum atomic E-state index is 9.96. The minimum absolute atomic E-state index is 0.0877. The number of hydrogen-bond donors (Lipinski definition) is 2. The molecule has 0 fully saturated rings. The first kappa shape index (κ1) is 18.6. The molecule has 2 N–H and O–H groups in total. The molecule has 21 heavy (non-hydrogen) atoms. The van der Waals surface area contributed by atoms with Gasteiger partial charge in [-0.3, -0.25) is 0 Å². The van der Waals surface area contributed by atoms with E-state index in [-0.39, 0.29) is 5.54 Å². The van der Waals surface area contributed by atoms with Gasteiger partial charge in [0.15, 0.2) is 0 Å². The summed E-state index contributed by atoms with van der Waals surface area (Å²) >= 11 is 0. The average molecular weight is 298 g/mol. The van der Waals surface area contributed by atoms with Crippen molar-refractivity contribution in [2.24, 2.45) is 11.8 Å². The largest absolute Gasteiger partial charge is 0.389 e. The second kappa shape index (κ2) is 8.89. The first-order valence-corrected chi connectivity index (χ1v) is 8.12. The summed E-state index contributed by atoms with van der Waals surface area (Å²) < 4.78 is 5.70. The van der Waals surface area contributed by atoms with Crippen molar-refractivity contribution >= 4 is 0 Å². The Kier molecular flexibility index (Phi) is 7.88. The van der Waals surface area contributed by atoms with Gasteiger partial charge in [-0.2, -0.15) is 0 Å². The zero-order valence-electron chi connectivity index (χ0n) is 14.4. The molecule has 0 radical (unpaired) electrons. The predicted octanol–water partition coefficient (Wildman–Crippen LogP) is 1.90. The third-order valence-electron chi connectivity index (χ3n) is 4.71. The number of allylic oxidation sites excluding steroid dienone is 2. The molecule has 1 rings (SSSR count). The zero-order valence-corrected chi connectivity index (χ0v) is 14.4. The van der Waals surface area contributed by atoms with Gasteiger partial charge in [0.2, 0.25) is 0 Å². The van der Waals surface area contributed by atoms with Crippen molar-refractivity contribution in [3.63, 3.8) is 0 Å². The maximum absolute atomic E-state index is 9.96. The standard InChI is InChI=1S/C17H34N2O2/c1-14-8-6-7-9-15(14)11-21-12-16(20)10-18-13-17(2,3)19(4)5/h6-7,14-16,18,20H,8-13H2,1-5H3. The van der Waals surface area contributed by atoms with Crippen LogP contribution in [0.5, 0.6) is 0 Å². The molecule has 1 aliphatic rings. The third-order valence-corrected chi connectivity index (χ3v) is 4.71. The van der Waals surface area contributed by atoms with Gasteiger partial charge in [-0.25, -0.2) is 0 Å². The summed E-state index contributed by atoms with van der Waals surface area (Å²) in [6.07, 6.45) is 6.32. The number of likely N-dealkylation sites (N-methyl/N-ethyl adjacent to an activating group) is 1. The van der Waals surface area contributed by atoms with Crippen molar-refractivity contribution in [1.82, 2.24) is 10.2 Å². The summed E-state index contributed by atoms with van der Waals surface area (Å²) in [4.78, 5) is 2.18. The smallest absolute Gasteiger partial charge is 0.0897 e. The van der Waals surface area contributed by atoms with Crippen molar-refractivity contribution in [3.8, 4) is 0 Å². The number of hydrogen-bond acceptors (Lipinski definition) is 4. The SMILES string of the molecule is CC1CC=CCC1COCC(O)CNCC(C)(C)N(C)C. The number of aliphatic hydroxyl groups is 1. The van der Waals surface area contributed by atoms with E-state index >= 15 is 0 Å². The molecule has 1 aliphatic carbocycles. The highest BCUT2D eigenvalue weighted by Gasteiger charge is 2.21. The highest BCUT2D eigenvalue weighted by Crippen LogP contribution is 2.24. The van der Waals surface area contributed by atoms with Crippen LogP contribution in [0.3, 0.4) is 0 Å². The molecule has 0 bridgehead atoms. The molecule has 0 amide bonds. The molecule has 124 valence electrons. The topological polar surface area (TPSA) is 44.7 Å². The Bertz CT molecular complexity index is 316. The van der Waals surface area contributed by atoms with Gasteiger partial charge in [0.05, 0.1) is 19.3 Å². The van der Waals surface area contributed by atoms with Crippen LogP contribution in [0.4, 0.5) is 0 Å². The molecule has 4 nitrogen and oxygen atoms in total. The van der Waals surface area contributed by atoms with Crippen LogP contribution in [0.1, 0.15) is 33.6 Å². The van der Waals surface area contributed by atoms with Crippen LogP contribution >= 0.6 is 0 Å². The van der Waals surface area contributed by atoms with Crippen LogP contribution in [0.2, 0.25) is 0 Å². The lowest BCUT2D eigenvalue weighted by Crippen LogP contribution is -2.48. The summed E-state index contributed by atoms with van der Waals surface area (Å²) in [7, 11) is 4.14. The number of nitrogens with zero attached hydrogens (tertiary/aromatic N) is 1. The van der Waals surface area contributed by atoms with Gasteiger partial charge in [0, 0.05) is 18.6 Å². The first-order chi connectivity index (χ1) is 9.83. The van der Waals surface area contributed by atoms with Gasteiger partial charge in [0.25, 0.3) is 0 Å². The van der Waals surface area contributed by atoms with Crippen molar-refractivity contribution < 1.29 is 9.84 Å². The Labute approximate surface area is 130 Å². The average Bonchev–Trinajstić information content (AvgIpc) is 2.40. The van der Waals surface area contributed by atoms with Gasteiger partial charge in [-0.15, -0.1) is 0 Å². The van der Waals surface area contributed by atoms with E-state index in [1.165, 1.54) is 0 Å².